The summed E-state index contributed by atoms with van der Waals surface area (Å²) in [6.07, 6.45) is -1.00. The van der Waals surface area contributed by atoms with Gasteiger partial charge in [-0.15, -0.1) is 0 Å². The van der Waals surface area contributed by atoms with Gasteiger partial charge in [0.25, 0.3) is 5.91 Å². The van der Waals surface area contributed by atoms with Gasteiger partial charge in [-0.1, -0.05) is 44.2 Å². The largest absolute Gasteiger partial charge is 0.495 e. The molecule has 0 aromatic heterocycles. The van der Waals surface area contributed by atoms with Crippen molar-refractivity contribution in [3.8, 4) is 5.75 Å². The van der Waals surface area contributed by atoms with Gasteiger partial charge in [-0.3, -0.25) is 9.59 Å². The van der Waals surface area contributed by atoms with E-state index in [1.54, 1.807) is 68.3 Å². The molecule has 9 nitrogen and oxygen atoms in total. The van der Waals surface area contributed by atoms with Crippen LogP contribution in [0.1, 0.15) is 32.4 Å². The zero-order valence-electron chi connectivity index (χ0n) is 20.6. The molecular weight excluding hydrogens is 470 g/mol. The van der Waals surface area contributed by atoms with Crippen molar-refractivity contribution in [2.24, 2.45) is 0 Å². The molecule has 2 aromatic carbocycles. The Morgan fingerprint density at radius 2 is 1.63 bits per heavy atom. The molecule has 10 heteroatoms. The molecule has 1 amide bonds. The molecule has 0 saturated carbocycles. The molecule has 0 spiro atoms. The van der Waals surface area contributed by atoms with E-state index in [0.29, 0.717) is 56.3 Å². The zero-order valence-corrected chi connectivity index (χ0v) is 21.5. The molecule has 190 valence electrons. The standard InChI is InChI=1S/C25H33N3O6S/c1-5-28(6-2)35(31,32)21-12-13-23(33-4)22(18-21)26-14-16-27(17-15-26)25(30)24(34-19(3)29)20-10-8-7-9-11-20/h7-13,18,24H,5-6,14-17H2,1-4H3/t24-/m0/s1. The first-order chi connectivity index (χ1) is 16.7. The molecule has 0 radical (unpaired) electrons. The number of methoxy groups -OCH3 is 1. The van der Waals surface area contributed by atoms with Crippen LogP contribution in [0.3, 0.4) is 0 Å². The normalized spacial score (nSPS) is 15.1. The third-order valence-corrected chi connectivity index (χ3v) is 8.08. The average Bonchev–Trinajstić information content (AvgIpc) is 2.87. The van der Waals surface area contributed by atoms with Crippen LogP contribution < -0.4 is 9.64 Å². The molecule has 1 fully saturated rings. The quantitative estimate of drug-likeness (QED) is 0.486. The number of hydrogen-bond acceptors (Lipinski definition) is 7. The molecule has 2 aromatic rings. The number of amides is 1. The highest BCUT2D eigenvalue weighted by atomic mass is 32.2. The Hall–Kier alpha value is -3.11. The maximum absolute atomic E-state index is 13.2. The van der Waals surface area contributed by atoms with Crippen LogP contribution in [-0.2, 0) is 24.3 Å². The third-order valence-electron chi connectivity index (χ3n) is 6.04. The van der Waals surface area contributed by atoms with E-state index in [-0.39, 0.29) is 10.8 Å². The molecule has 35 heavy (non-hydrogen) atoms. The SMILES string of the molecule is CCN(CC)S(=O)(=O)c1ccc(OC)c(N2CCN(C(=O)[C@@H](OC(C)=O)c3ccccc3)CC2)c1. The first-order valence-corrected chi connectivity index (χ1v) is 13.1. The van der Waals surface area contributed by atoms with Gasteiger partial charge in [-0.2, -0.15) is 4.31 Å². The number of ether oxygens (including phenoxy) is 2. The lowest BCUT2D eigenvalue weighted by molar-refractivity contribution is -0.159. The Labute approximate surface area is 207 Å². The van der Waals surface area contributed by atoms with Crippen molar-refractivity contribution in [3.05, 3.63) is 54.1 Å². The molecule has 0 unspecified atom stereocenters. The summed E-state index contributed by atoms with van der Waals surface area (Å²) in [5.74, 6) is -0.247. The minimum atomic E-state index is -3.63. The average molecular weight is 504 g/mol. The highest BCUT2D eigenvalue weighted by molar-refractivity contribution is 7.89. The Kier molecular flexibility index (Phi) is 8.74. The maximum atomic E-state index is 13.2. The smallest absolute Gasteiger partial charge is 0.303 e. The molecule has 1 atom stereocenters. The third kappa shape index (κ3) is 5.94. The lowest BCUT2D eigenvalue weighted by Crippen LogP contribution is -2.50. The number of anilines is 1. The van der Waals surface area contributed by atoms with E-state index in [0.717, 1.165) is 0 Å². The van der Waals surface area contributed by atoms with Crippen LogP contribution in [0.2, 0.25) is 0 Å². The first kappa shape index (κ1) is 26.5. The van der Waals surface area contributed by atoms with E-state index in [9.17, 15) is 18.0 Å². The van der Waals surface area contributed by atoms with Crippen LogP contribution in [0.25, 0.3) is 0 Å². The van der Waals surface area contributed by atoms with Crippen molar-refractivity contribution in [1.82, 2.24) is 9.21 Å². The van der Waals surface area contributed by atoms with Gasteiger partial charge < -0.3 is 19.3 Å². The van der Waals surface area contributed by atoms with Gasteiger partial charge in [0, 0.05) is 51.8 Å². The summed E-state index contributed by atoms with van der Waals surface area (Å²) in [5, 5.41) is 0. The van der Waals surface area contributed by atoms with Crippen LogP contribution in [0.5, 0.6) is 5.75 Å². The highest BCUT2D eigenvalue weighted by Gasteiger charge is 2.32. The Balaban J connectivity index is 1.80. The fourth-order valence-corrected chi connectivity index (χ4v) is 5.66. The minimum absolute atomic E-state index is 0.203. The maximum Gasteiger partial charge on any atom is 0.303 e. The predicted octanol–water partition coefficient (Wildman–Crippen LogP) is 2.68. The second kappa shape index (κ2) is 11.5. The molecule has 0 N–H and O–H groups in total. The van der Waals surface area contributed by atoms with Gasteiger partial charge in [0.1, 0.15) is 5.75 Å². The van der Waals surface area contributed by atoms with Crippen molar-refractivity contribution < 1.29 is 27.5 Å². The van der Waals surface area contributed by atoms with E-state index in [1.165, 1.54) is 11.2 Å². The van der Waals surface area contributed by atoms with E-state index in [2.05, 4.69) is 0 Å². The number of carbonyl (C=O) groups is 2. The number of esters is 1. The lowest BCUT2D eigenvalue weighted by atomic mass is 10.1. The Morgan fingerprint density at radius 1 is 1.00 bits per heavy atom. The van der Waals surface area contributed by atoms with Gasteiger partial charge in [0.05, 0.1) is 17.7 Å². The summed E-state index contributed by atoms with van der Waals surface area (Å²) < 4.78 is 38.4. The fraction of sp³-hybridized carbons (Fsp3) is 0.440. The van der Waals surface area contributed by atoms with Crippen LogP contribution >= 0.6 is 0 Å². The number of piperazine rings is 1. The summed E-state index contributed by atoms with van der Waals surface area (Å²) in [4.78, 5) is 28.8. The number of rotatable bonds is 9. The van der Waals surface area contributed by atoms with Crippen molar-refractivity contribution in [2.45, 2.75) is 31.8 Å². The highest BCUT2D eigenvalue weighted by Crippen LogP contribution is 2.33. The van der Waals surface area contributed by atoms with Crippen LogP contribution in [0, 0.1) is 0 Å². The van der Waals surface area contributed by atoms with Crippen molar-refractivity contribution in [2.75, 3.05) is 51.3 Å². The zero-order chi connectivity index (χ0) is 25.6. The van der Waals surface area contributed by atoms with Crippen LogP contribution in [-0.4, -0.2) is 75.9 Å². The molecule has 1 saturated heterocycles. The summed E-state index contributed by atoms with van der Waals surface area (Å²) in [5.41, 5.74) is 1.28. The van der Waals surface area contributed by atoms with Crippen molar-refractivity contribution in [1.29, 1.82) is 0 Å². The van der Waals surface area contributed by atoms with Crippen LogP contribution in [0.4, 0.5) is 5.69 Å². The van der Waals surface area contributed by atoms with E-state index in [4.69, 9.17) is 9.47 Å². The topological polar surface area (TPSA) is 96.5 Å². The number of sulfonamides is 1. The number of benzene rings is 2. The van der Waals surface area contributed by atoms with Gasteiger partial charge in [-0.25, -0.2) is 8.42 Å². The summed E-state index contributed by atoms with van der Waals surface area (Å²) in [6, 6.07) is 13.8. The second-order valence-corrected chi connectivity index (χ2v) is 10.1. The molecule has 0 bridgehead atoms. The molecule has 1 aliphatic heterocycles. The van der Waals surface area contributed by atoms with Crippen molar-refractivity contribution in [3.63, 3.8) is 0 Å². The number of nitrogens with zero attached hydrogens (tertiary/aromatic N) is 3. The lowest BCUT2D eigenvalue weighted by Gasteiger charge is -2.38. The summed E-state index contributed by atoms with van der Waals surface area (Å²) in [7, 11) is -2.08. The van der Waals surface area contributed by atoms with Gasteiger partial charge >= 0.3 is 5.97 Å². The van der Waals surface area contributed by atoms with E-state index in [1.807, 2.05) is 11.0 Å². The van der Waals surface area contributed by atoms with Gasteiger partial charge in [0.2, 0.25) is 16.1 Å². The number of hydrogen-bond donors (Lipinski definition) is 0. The summed E-state index contributed by atoms with van der Waals surface area (Å²) >= 11 is 0. The van der Waals surface area contributed by atoms with Gasteiger partial charge in [0.15, 0.2) is 0 Å². The number of carbonyl (C=O) groups excluding carboxylic acids is 2. The van der Waals surface area contributed by atoms with Crippen molar-refractivity contribution >= 4 is 27.6 Å². The Morgan fingerprint density at radius 3 is 2.17 bits per heavy atom. The molecule has 1 aliphatic rings. The molecule has 1 heterocycles. The fourth-order valence-electron chi connectivity index (χ4n) is 4.18. The second-order valence-electron chi connectivity index (χ2n) is 8.14. The summed E-state index contributed by atoms with van der Waals surface area (Å²) in [6.45, 7) is 7.38. The van der Waals surface area contributed by atoms with Crippen LogP contribution in [0.15, 0.2) is 53.4 Å². The Bertz CT molecular complexity index is 1130. The minimum Gasteiger partial charge on any atom is -0.495 e. The molecule has 0 aliphatic carbocycles. The first-order valence-electron chi connectivity index (χ1n) is 11.7. The van der Waals surface area contributed by atoms with Gasteiger partial charge in [-0.05, 0) is 18.2 Å². The molecule has 3 rings (SSSR count). The molecular formula is C25H33N3O6S. The van der Waals surface area contributed by atoms with E-state index >= 15 is 0 Å². The monoisotopic (exact) mass is 503 g/mol. The predicted molar refractivity (Wildman–Crippen MR) is 133 cm³/mol. The van der Waals surface area contributed by atoms with E-state index < -0.39 is 22.1 Å².